The van der Waals surface area contributed by atoms with E-state index >= 15 is 0 Å². The molecule has 0 saturated heterocycles. The molecule has 0 bridgehead atoms. The minimum Gasteiger partial charge on any atom is -0.396 e. The molecule has 100 valence electrons. The molecule has 5 heteroatoms. The molecule has 0 radical (unpaired) electrons. The Labute approximate surface area is 108 Å². The molecular formula is C13H22N4O. The number of unbranched alkanes of at least 4 members (excludes halogenated alkanes) is 1. The lowest BCUT2D eigenvalue weighted by atomic mass is 10.0. The third kappa shape index (κ3) is 4.46. The lowest BCUT2D eigenvalue weighted by molar-refractivity contribution is 0.279. The van der Waals surface area contributed by atoms with Gasteiger partial charge in [-0.2, -0.15) is 5.26 Å². The van der Waals surface area contributed by atoms with Gasteiger partial charge in [0.15, 0.2) is 0 Å². The number of hydrogen-bond donors (Lipinski definition) is 1. The van der Waals surface area contributed by atoms with Crippen LogP contribution in [0.4, 0.5) is 0 Å². The summed E-state index contributed by atoms with van der Waals surface area (Å²) in [6.45, 7) is 5.35. The average Bonchev–Trinajstić information content (AvgIpc) is 2.70. The molecule has 0 aliphatic carbocycles. The van der Waals surface area contributed by atoms with Gasteiger partial charge in [0.05, 0.1) is 23.9 Å². The van der Waals surface area contributed by atoms with Crippen LogP contribution in [0.25, 0.3) is 0 Å². The second kappa shape index (κ2) is 7.83. The van der Waals surface area contributed by atoms with E-state index in [4.69, 9.17) is 10.4 Å². The Morgan fingerprint density at radius 3 is 2.78 bits per heavy atom. The topological polar surface area (TPSA) is 74.7 Å². The fraction of sp³-hybridized carbons (Fsp3) is 0.769. The summed E-state index contributed by atoms with van der Waals surface area (Å²) in [6, 6.07) is 2.14. The Hall–Kier alpha value is -1.41. The second-order valence-electron chi connectivity index (χ2n) is 4.90. The van der Waals surface area contributed by atoms with Crippen molar-refractivity contribution in [2.24, 2.45) is 5.92 Å². The van der Waals surface area contributed by atoms with E-state index in [0.717, 1.165) is 43.6 Å². The Morgan fingerprint density at radius 1 is 1.39 bits per heavy atom. The minimum absolute atomic E-state index is 0.209. The van der Waals surface area contributed by atoms with Crippen LogP contribution in [0.3, 0.4) is 0 Å². The van der Waals surface area contributed by atoms with E-state index < -0.39 is 0 Å². The zero-order valence-electron chi connectivity index (χ0n) is 11.3. The molecule has 0 aromatic carbocycles. The average molecular weight is 250 g/mol. The monoisotopic (exact) mass is 250 g/mol. The Kier molecular flexibility index (Phi) is 6.37. The Balaban J connectivity index is 2.72. The van der Waals surface area contributed by atoms with Crippen LogP contribution < -0.4 is 0 Å². The van der Waals surface area contributed by atoms with Crippen molar-refractivity contribution in [1.82, 2.24) is 15.0 Å². The molecule has 0 aliphatic rings. The Morgan fingerprint density at radius 2 is 2.17 bits per heavy atom. The summed E-state index contributed by atoms with van der Waals surface area (Å²) in [5, 5.41) is 25.8. The molecule has 1 aromatic heterocycles. The fourth-order valence-corrected chi connectivity index (χ4v) is 1.83. The van der Waals surface area contributed by atoms with E-state index in [0.29, 0.717) is 12.3 Å². The number of aliphatic hydroxyl groups is 1. The van der Waals surface area contributed by atoms with Crippen LogP contribution in [-0.2, 0) is 19.4 Å². The van der Waals surface area contributed by atoms with Gasteiger partial charge >= 0.3 is 0 Å². The third-order valence-electron chi connectivity index (χ3n) is 2.90. The molecule has 5 nitrogen and oxygen atoms in total. The van der Waals surface area contributed by atoms with Crippen molar-refractivity contribution in [3.8, 4) is 6.07 Å². The maximum absolute atomic E-state index is 8.79. The summed E-state index contributed by atoms with van der Waals surface area (Å²) in [5.74, 6) is 0.626. The van der Waals surface area contributed by atoms with Crippen molar-refractivity contribution < 1.29 is 5.11 Å². The van der Waals surface area contributed by atoms with E-state index in [1.165, 1.54) is 0 Å². The van der Waals surface area contributed by atoms with E-state index in [-0.39, 0.29) is 6.61 Å². The van der Waals surface area contributed by atoms with Gasteiger partial charge in [-0.3, -0.25) is 0 Å². The van der Waals surface area contributed by atoms with E-state index in [1.807, 2.05) is 4.68 Å². The van der Waals surface area contributed by atoms with Gasteiger partial charge in [-0.05, 0) is 31.6 Å². The van der Waals surface area contributed by atoms with Gasteiger partial charge in [0.1, 0.15) is 0 Å². The summed E-state index contributed by atoms with van der Waals surface area (Å²) >= 11 is 0. The number of aromatic nitrogens is 3. The van der Waals surface area contributed by atoms with Crippen LogP contribution in [0.5, 0.6) is 0 Å². The maximum atomic E-state index is 8.79. The molecule has 0 unspecified atom stereocenters. The lowest BCUT2D eigenvalue weighted by Crippen LogP contribution is -2.08. The second-order valence-corrected chi connectivity index (χ2v) is 4.90. The first kappa shape index (κ1) is 14.7. The molecule has 0 saturated carbocycles. The first-order chi connectivity index (χ1) is 8.69. The predicted molar refractivity (Wildman–Crippen MR) is 68.8 cm³/mol. The van der Waals surface area contributed by atoms with Gasteiger partial charge in [-0.1, -0.05) is 19.1 Å². The molecule has 1 N–H and O–H groups in total. The summed E-state index contributed by atoms with van der Waals surface area (Å²) in [6.07, 6.45) is 3.98. The van der Waals surface area contributed by atoms with Gasteiger partial charge < -0.3 is 5.11 Å². The van der Waals surface area contributed by atoms with Crippen LogP contribution in [0, 0.1) is 17.2 Å². The molecule has 18 heavy (non-hydrogen) atoms. The van der Waals surface area contributed by atoms with Crippen LogP contribution in [0.15, 0.2) is 0 Å². The molecule has 0 spiro atoms. The zero-order valence-corrected chi connectivity index (χ0v) is 11.3. The highest BCUT2D eigenvalue weighted by Gasteiger charge is 2.12. The highest BCUT2D eigenvalue weighted by molar-refractivity contribution is 5.14. The number of hydrogen-bond acceptors (Lipinski definition) is 4. The van der Waals surface area contributed by atoms with Gasteiger partial charge in [-0.25, -0.2) is 4.68 Å². The van der Waals surface area contributed by atoms with Crippen molar-refractivity contribution in [2.75, 3.05) is 6.61 Å². The highest BCUT2D eigenvalue weighted by atomic mass is 16.2. The zero-order chi connectivity index (χ0) is 13.4. The lowest BCUT2D eigenvalue weighted by Gasteiger charge is -2.08. The number of aliphatic hydroxyl groups excluding tert-OH is 1. The largest absolute Gasteiger partial charge is 0.396 e. The standard InChI is InChI=1S/C13H22N4O/c1-11(2)5-6-13-12(7-8-14)15-16-17(13)9-3-4-10-18/h11,18H,3-7,9-10H2,1-2H3. The number of nitrogens with zero attached hydrogens (tertiary/aromatic N) is 4. The van der Waals surface area contributed by atoms with Crippen molar-refractivity contribution >= 4 is 0 Å². The molecule has 1 heterocycles. The Bertz CT molecular complexity index is 392. The number of nitriles is 1. The molecular weight excluding hydrogens is 228 g/mol. The van der Waals surface area contributed by atoms with Crippen molar-refractivity contribution in [1.29, 1.82) is 5.26 Å². The molecule has 0 atom stereocenters. The van der Waals surface area contributed by atoms with Crippen molar-refractivity contribution in [2.45, 2.75) is 52.5 Å². The van der Waals surface area contributed by atoms with Crippen LogP contribution in [0.1, 0.15) is 44.5 Å². The normalized spacial score (nSPS) is 10.8. The minimum atomic E-state index is 0.209. The maximum Gasteiger partial charge on any atom is 0.0999 e. The van der Waals surface area contributed by atoms with E-state index in [9.17, 15) is 0 Å². The SMILES string of the molecule is CC(C)CCc1c(CC#N)nnn1CCCCO. The predicted octanol–water partition coefficient (Wildman–Crippen LogP) is 1.71. The molecule has 1 aromatic rings. The van der Waals surface area contributed by atoms with Crippen molar-refractivity contribution in [3.63, 3.8) is 0 Å². The molecule has 0 aliphatic heterocycles. The van der Waals surface area contributed by atoms with E-state index in [2.05, 4.69) is 30.2 Å². The smallest absolute Gasteiger partial charge is 0.0999 e. The van der Waals surface area contributed by atoms with Gasteiger partial charge in [0.2, 0.25) is 0 Å². The van der Waals surface area contributed by atoms with Gasteiger partial charge in [-0.15, -0.1) is 5.10 Å². The molecule has 0 amide bonds. The van der Waals surface area contributed by atoms with Crippen LogP contribution in [0.2, 0.25) is 0 Å². The first-order valence-corrected chi connectivity index (χ1v) is 6.58. The first-order valence-electron chi connectivity index (χ1n) is 6.58. The van der Waals surface area contributed by atoms with Gasteiger partial charge in [0, 0.05) is 13.2 Å². The summed E-state index contributed by atoms with van der Waals surface area (Å²) < 4.78 is 1.89. The van der Waals surface area contributed by atoms with Crippen LogP contribution in [-0.4, -0.2) is 26.7 Å². The third-order valence-corrected chi connectivity index (χ3v) is 2.90. The van der Waals surface area contributed by atoms with Crippen molar-refractivity contribution in [3.05, 3.63) is 11.4 Å². The molecule has 1 rings (SSSR count). The van der Waals surface area contributed by atoms with Gasteiger partial charge in [0.25, 0.3) is 0 Å². The number of aryl methyl sites for hydroxylation is 1. The number of rotatable bonds is 8. The summed E-state index contributed by atoms with van der Waals surface area (Å²) in [5.41, 5.74) is 1.89. The summed E-state index contributed by atoms with van der Waals surface area (Å²) in [7, 11) is 0. The fourth-order valence-electron chi connectivity index (χ4n) is 1.83. The quantitative estimate of drug-likeness (QED) is 0.713. The molecule has 0 fully saturated rings. The van der Waals surface area contributed by atoms with Crippen LogP contribution >= 0.6 is 0 Å². The highest BCUT2D eigenvalue weighted by Crippen LogP contribution is 2.13. The summed E-state index contributed by atoms with van der Waals surface area (Å²) in [4.78, 5) is 0. The van der Waals surface area contributed by atoms with E-state index in [1.54, 1.807) is 0 Å².